The largest absolute Gasteiger partial charge is 0.480 e. The first-order valence-electron chi connectivity index (χ1n) is 6.01. The summed E-state index contributed by atoms with van der Waals surface area (Å²) in [5.74, 6) is -1.60. The molecule has 0 aromatic rings. The second-order valence-electron chi connectivity index (χ2n) is 3.98. The smallest absolute Gasteiger partial charge is 0.329 e. The molecular formula is C11H18N2O6. The number of aliphatic carboxylic acids is 1. The minimum absolute atomic E-state index is 0.0324. The van der Waals surface area contributed by atoms with Crippen molar-refractivity contribution in [3.05, 3.63) is 0 Å². The number of rotatable bonds is 7. The van der Waals surface area contributed by atoms with Crippen molar-refractivity contribution in [2.45, 2.75) is 6.42 Å². The molecular weight excluding hydrogens is 256 g/mol. The van der Waals surface area contributed by atoms with Gasteiger partial charge in [0.25, 0.3) is 0 Å². The highest BCUT2D eigenvalue weighted by Gasteiger charge is 2.16. The van der Waals surface area contributed by atoms with E-state index in [4.69, 9.17) is 9.84 Å². The highest BCUT2D eigenvalue weighted by molar-refractivity contribution is 5.80. The second-order valence-corrected chi connectivity index (χ2v) is 3.98. The maximum Gasteiger partial charge on any atom is 0.329 e. The summed E-state index contributed by atoms with van der Waals surface area (Å²) in [5.41, 5.74) is 0. The van der Waals surface area contributed by atoms with Gasteiger partial charge in [-0.05, 0) is 0 Å². The van der Waals surface area contributed by atoms with E-state index in [1.807, 2.05) is 0 Å². The zero-order valence-corrected chi connectivity index (χ0v) is 10.6. The molecule has 0 atom stereocenters. The molecule has 0 unspecified atom stereocenters. The third-order valence-electron chi connectivity index (χ3n) is 2.48. The van der Waals surface area contributed by atoms with E-state index in [0.717, 1.165) is 0 Å². The Morgan fingerprint density at radius 3 is 2.53 bits per heavy atom. The van der Waals surface area contributed by atoms with Crippen LogP contribution in [0.4, 0.5) is 0 Å². The van der Waals surface area contributed by atoms with Crippen molar-refractivity contribution in [1.29, 1.82) is 0 Å². The summed E-state index contributed by atoms with van der Waals surface area (Å²) in [7, 11) is 0. The molecule has 1 fully saturated rings. The number of carbonyl (C=O) groups excluding carboxylic acids is 2. The van der Waals surface area contributed by atoms with Gasteiger partial charge in [0.05, 0.1) is 13.2 Å². The predicted octanol–water partition coefficient (Wildman–Crippen LogP) is -1.55. The molecule has 1 rings (SSSR count). The van der Waals surface area contributed by atoms with E-state index in [-0.39, 0.29) is 25.5 Å². The van der Waals surface area contributed by atoms with Crippen molar-refractivity contribution in [3.63, 3.8) is 0 Å². The first-order chi connectivity index (χ1) is 9.09. The number of amides is 2. The van der Waals surface area contributed by atoms with Crippen molar-refractivity contribution >= 4 is 17.8 Å². The standard InChI is InChI=1S/C11H18N2O6/c14-9(7-19-8-11(16)17)12-2-1-10(15)13-3-5-18-6-4-13/h1-8H2,(H,12,14)(H,16,17). The van der Waals surface area contributed by atoms with E-state index in [9.17, 15) is 14.4 Å². The van der Waals surface area contributed by atoms with Crippen molar-refractivity contribution < 1.29 is 29.0 Å². The van der Waals surface area contributed by atoms with Crippen LogP contribution in [0, 0.1) is 0 Å². The van der Waals surface area contributed by atoms with E-state index in [2.05, 4.69) is 10.1 Å². The molecule has 0 aromatic carbocycles. The lowest BCUT2D eigenvalue weighted by molar-refractivity contribution is -0.143. The van der Waals surface area contributed by atoms with Crippen LogP contribution < -0.4 is 5.32 Å². The van der Waals surface area contributed by atoms with Crippen LogP contribution >= 0.6 is 0 Å². The number of carbonyl (C=O) groups is 3. The van der Waals surface area contributed by atoms with Gasteiger partial charge in [0.2, 0.25) is 11.8 Å². The Hall–Kier alpha value is -1.67. The van der Waals surface area contributed by atoms with Gasteiger partial charge in [0, 0.05) is 26.1 Å². The lowest BCUT2D eigenvalue weighted by Crippen LogP contribution is -2.42. The SMILES string of the molecule is O=C(O)COCC(=O)NCCC(=O)N1CCOCC1. The molecule has 8 nitrogen and oxygen atoms in total. The quantitative estimate of drug-likeness (QED) is 0.582. The van der Waals surface area contributed by atoms with Crippen LogP contribution in [0.1, 0.15) is 6.42 Å². The molecule has 1 aliphatic rings. The van der Waals surface area contributed by atoms with Gasteiger partial charge in [-0.15, -0.1) is 0 Å². The molecule has 0 aliphatic carbocycles. The third kappa shape index (κ3) is 6.73. The van der Waals surface area contributed by atoms with Crippen LogP contribution in [-0.2, 0) is 23.9 Å². The fourth-order valence-corrected chi connectivity index (χ4v) is 1.56. The lowest BCUT2D eigenvalue weighted by Gasteiger charge is -2.26. The summed E-state index contributed by atoms with van der Waals surface area (Å²) in [5, 5.41) is 10.8. The summed E-state index contributed by atoms with van der Waals surface area (Å²) in [6.07, 6.45) is 0.213. The minimum atomic E-state index is -1.13. The second kappa shape index (κ2) is 8.44. The number of nitrogens with one attached hydrogen (secondary N) is 1. The number of carboxylic acid groups (broad SMARTS) is 1. The normalized spacial score (nSPS) is 15.1. The molecule has 108 valence electrons. The number of carboxylic acids is 1. The highest BCUT2D eigenvalue weighted by Crippen LogP contribution is 1.99. The van der Waals surface area contributed by atoms with Crippen molar-refractivity contribution in [2.24, 2.45) is 0 Å². The van der Waals surface area contributed by atoms with E-state index in [1.165, 1.54) is 0 Å². The third-order valence-corrected chi connectivity index (χ3v) is 2.48. The van der Waals surface area contributed by atoms with E-state index < -0.39 is 18.5 Å². The van der Waals surface area contributed by atoms with Gasteiger partial charge in [0.15, 0.2) is 0 Å². The van der Waals surface area contributed by atoms with Gasteiger partial charge in [-0.2, -0.15) is 0 Å². The van der Waals surface area contributed by atoms with Crippen molar-refractivity contribution in [3.8, 4) is 0 Å². The number of hydrogen-bond donors (Lipinski definition) is 2. The zero-order chi connectivity index (χ0) is 14.1. The Morgan fingerprint density at radius 1 is 1.21 bits per heavy atom. The lowest BCUT2D eigenvalue weighted by atomic mass is 10.3. The van der Waals surface area contributed by atoms with Crippen LogP contribution in [-0.4, -0.2) is 73.9 Å². The number of morpholine rings is 1. The van der Waals surface area contributed by atoms with Gasteiger partial charge >= 0.3 is 5.97 Å². The Bertz CT molecular complexity index is 327. The fraction of sp³-hybridized carbons (Fsp3) is 0.727. The zero-order valence-electron chi connectivity index (χ0n) is 10.6. The Labute approximate surface area is 110 Å². The predicted molar refractivity (Wildman–Crippen MR) is 63.5 cm³/mol. The maximum absolute atomic E-state index is 11.7. The van der Waals surface area contributed by atoms with Crippen molar-refractivity contribution in [1.82, 2.24) is 10.2 Å². The fourth-order valence-electron chi connectivity index (χ4n) is 1.56. The van der Waals surface area contributed by atoms with Gasteiger partial charge in [-0.3, -0.25) is 9.59 Å². The van der Waals surface area contributed by atoms with E-state index >= 15 is 0 Å². The number of hydrogen-bond acceptors (Lipinski definition) is 5. The molecule has 0 bridgehead atoms. The Balaban J connectivity index is 2.06. The molecule has 2 N–H and O–H groups in total. The van der Waals surface area contributed by atoms with Crippen LogP contribution in [0.3, 0.4) is 0 Å². The van der Waals surface area contributed by atoms with Crippen LogP contribution in [0.25, 0.3) is 0 Å². The molecule has 0 aromatic heterocycles. The Morgan fingerprint density at radius 2 is 1.89 bits per heavy atom. The average Bonchev–Trinajstić information content (AvgIpc) is 2.39. The summed E-state index contributed by atoms with van der Waals surface area (Å²) in [6.45, 7) is 1.62. The monoisotopic (exact) mass is 274 g/mol. The molecule has 1 heterocycles. The molecule has 1 saturated heterocycles. The summed E-state index contributed by atoms with van der Waals surface area (Å²) in [6, 6.07) is 0. The van der Waals surface area contributed by atoms with E-state index in [0.29, 0.717) is 26.3 Å². The van der Waals surface area contributed by atoms with Gasteiger partial charge in [-0.1, -0.05) is 0 Å². The highest BCUT2D eigenvalue weighted by atomic mass is 16.5. The van der Waals surface area contributed by atoms with Crippen LogP contribution in [0.15, 0.2) is 0 Å². The van der Waals surface area contributed by atoms with E-state index in [1.54, 1.807) is 4.90 Å². The van der Waals surface area contributed by atoms with Gasteiger partial charge in [-0.25, -0.2) is 4.79 Å². The molecule has 1 aliphatic heterocycles. The number of nitrogens with zero attached hydrogens (tertiary/aromatic N) is 1. The summed E-state index contributed by atoms with van der Waals surface area (Å²) < 4.78 is 9.74. The maximum atomic E-state index is 11.7. The minimum Gasteiger partial charge on any atom is -0.480 e. The summed E-state index contributed by atoms with van der Waals surface area (Å²) in [4.78, 5) is 34.7. The van der Waals surface area contributed by atoms with Crippen molar-refractivity contribution in [2.75, 3.05) is 46.1 Å². The van der Waals surface area contributed by atoms with Crippen LogP contribution in [0.2, 0.25) is 0 Å². The van der Waals surface area contributed by atoms with Gasteiger partial charge < -0.3 is 24.8 Å². The molecule has 8 heteroatoms. The molecule has 19 heavy (non-hydrogen) atoms. The van der Waals surface area contributed by atoms with Gasteiger partial charge in [0.1, 0.15) is 13.2 Å². The number of ether oxygens (including phenoxy) is 2. The molecule has 0 saturated carbocycles. The first kappa shape index (κ1) is 15.4. The Kier molecular flexibility index (Phi) is 6.83. The van der Waals surface area contributed by atoms with Crippen LogP contribution in [0.5, 0.6) is 0 Å². The topological polar surface area (TPSA) is 105 Å². The summed E-state index contributed by atoms with van der Waals surface area (Å²) >= 11 is 0. The molecule has 2 amide bonds. The average molecular weight is 274 g/mol. The first-order valence-corrected chi connectivity index (χ1v) is 6.01. The molecule has 0 radical (unpaired) electrons. The molecule has 0 spiro atoms.